The normalized spacial score (nSPS) is 10.3. The molecule has 0 fully saturated rings. The van der Waals surface area contributed by atoms with Crippen LogP contribution in [-0.2, 0) is 6.54 Å². The fourth-order valence-corrected chi connectivity index (χ4v) is 4.23. The highest BCUT2D eigenvalue weighted by atomic mass is 32.1. The van der Waals surface area contributed by atoms with E-state index in [1.807, 2.05) is 41.9 Å². The summed E-state index contributed by atoms with van der Waals surface area (Å²) in [7, 11) is 0. The summed E-state index contributed by atoms with van der Waals surface area (Å²) < 4.78 is 1.08. The molecule has 6 nitrogen and oxygen atoms in total. The van der Waals surface area contributed by atoms with Crippen molar-refractivity contribution < 1.29 is 4.79 Å². The predicted octanol–water partition coefficient (Wildman–Crippen LogP) is 4.59. The van der Waals surface area contributed by atoms with E-state index < -0.39 is 6.03 Å². The van der Waals surface area contributed by atoms with Gasteiger partial charge in [0, 0.05) is 17.5 Å². The molecule has 0 saturated heterocycles. The van der Waals surface area contributed by atoms with Gasteiger partial charge >= 0.3 is 6.03 Å². The molecule has 0 aliphatic heterocycles. The van der Waals surface area contributed by atoms with Gasteiger partial charge in [-0.25, -0.2) is 14.8 Å². The Bertz CT molecular complexity index is 1290. The Morgan fingerprint density at radius 3 is 2.93 bits per heavy atom. The quantitative estimate of drug-likeness (QED) is 0.477. The van der Waals surface area contributed by atoms with E-state index >= 15 is 0 Å². The van der Waals surface area contributed by atoms with Gasteiger partial charge in [-0.2, -0.15) is 5.26 Å². The second kappa shape index (κ2) is 8.11. The van der Waals surface area contributed by atoms with Gasteiger partial charge in [-0.3, -0.25) is 5.32 Å². The Balaban J connectivity index is 1.50. The smallest absolute Gasteiger partial charge is 0.320 e. The van der Waals surface area contributed by atoms with Crippen LogP contribution in [0.1, 0.15) is 16.1 Å². The molecule has 0 saturated carbocycles. The first kappa shape index (κ1) is 18.6. The molecule has 2 amide bonds. The number of hydrogen-bond donors (Lipinski definition) is 2. The highest BCUT2D eigenvalue weighted by Gasteiger charge is 2.11. The maximum absolute atomic E-state index is 12.1. The number of nitrogens with one attached hydrogen (secondary N) is 2. The van der Waals surface area contributed by atoms with E-state index in [1.54, 1.807) is 16.7 Å². The topological polar surface area (TPSA) is 90.7 Å². The fourth-order valence-electron chi connectivity index (χ4n) is 2.85. The third-order valence-corrected chi connectivity index (χ3v) is 5.86. The predicted molar refractivity (Wildman–Crippen MR) is 116 cm³/mol. The molecular weight excluding hydrogens is 402 g/mol. The number of nitriles is 1. The number of hydrogen-bond acceptors (Lipinski definition) is 6. The van der Waals surface area contributed by atoms with Crippen LogP contribution in [0.4, 0.5) is 10.6 Å². The van der Waals surface area contributed by atoms with Crippen molar-refractivity contribution in [3.8, 4) is 29.5 Å². The largest absolute Gasteiger partial charge is 0.334 e. The van der Waals surface area contributed by atoms with Crippen LogP contribution in [-0.4, -0.2) is 16.0 Å². The molecule has 4 aromatic rings. The van der Waals surface area contributed by atoms with Crippen molar-refractivity contribution in [2.45, 2.75) is 6.54 Å². The Hall–Kier alpha value is -3.72. The van der Waals surface area contributed by atoms with Crippen molar-refractivity contribution in [2.24, 2.45) is 0 Å². The molecule has 2 N–H and O–H groups in total. The number of aromatic nitrogens is 2. The first-order valence-corrected chi connectivity index (χ1v) is 10.3. The van der Waals surface area contributed by atoms with Crippen molar-refractivity contribution in [3.05, 3.63) is 63.4 Å². The average molecular weight is 416 g/mol. The SMILES string of the molecule is C#Cc1nc(NC(=O)NCc2ccc(-c3cccc4ncsc34)cc2C#N)cs1. The third-order valence-electron chi connectivity index (χ3n) is 4.21. The van der Waals surface area contributed by atoms with Crippen molar-refractivity contribution in [1.82, 2.24) is 15.3 Å². The van der Waals surface area contributed by atoms with E-state index in [4.69, 9.17) is 6.42 Å². The number of urea groups is 1. The number of amides is 2. The van der Waals surface area contributed by atoms with Crippen molar-refractivity contribution >= 4 is 44.7 Å². The molecule has 0 aliphatic carbocycles. The molecule has 0 radical (unpaired) electrons. The van der Waals surface area contributed by atoms with Gasteiger partial charge in [0.15, 0.2) is 5.01 Å². The number of rotatable bonds is 4. The van der Waals surface area contributed by atoms with Crippen LogP contribution in [0.3, 0.4) is 0 Å². The first-order chi connectivity index (χ1) is 14.2. The summed E-state index contributed by atoms with van der Waals surface area (Å²) in [6.07, 6.45) is 5.28. The van der Waals surface area contributed by atoms with Crippen LogP contribution >= 0.6 is 22.7 Å². The molecule has 2 aromatic heterocycles. The highest BCUT2D eigenvalue weighted by molar-refractivity contribution is 7.17. The van der Waals surface area contributed by atoms with Gasteiger partial charge in [0.05, 0.1) is 27.4 Å². The summed E-state index contributed by atoms with van der Waals surface area (Å²) >= 11 is 2.84. The molecular formula is C21H13N5OS2. The Morgan fingerprint density at radius 1 is 1.24 bits per heavy atom. The molecule has 4 rings (SSSR count). The molecule has 2 aromatic carbocycles. The Morgan fingerprint density at radius 2 is 2.14 bits per heavy atom. The lowest BCUT2D eigenvalue weighted by Crippen LogP contribution is -2.28. The second-order valence-corrected chi connectivity index (χ2v) is 7.69. The molecule has 0 bridgehead atoms. The molecule has 0 spiro atoms. The van der Waals surface area contributed by atoms with Crippen molar-refractivity contribution in [3.63, 3.8) is 0 Å². The van der Waals surface area contributed by atoms with Gasteiger partial charge in [-0.1, -0.05) is 24.3 Å². The zero-order chi connectivity index (χ0) is 20.2. The summed E-state index contributed by atoms with van der Waals surface area (Å²) in [5.74, 6) is 2.82. The maximum Gasteiger partial charge on any atom is 0.320 e. The maximum atomic E-state index is 12.1. The molecule has 0 unspecified atom stereocenters. The molecule has 140 valence electrons. The summed E-state index contributed by atoms with van der Waals surface area (Å²) in [4.78, 5) is 20.5. The molecule has 8 heteroatoms. The van der Waals surface area contributed by atoms with E-state index in [9.17, 15) is 10.1 Å². The van der Waals surface area contributed by atoms with Crippen LogP contribution in [0, 0.1) is 23.7 Å². The number of anilines is 1. The first-order valence-electron chi connectivity index (χ1n) is 8.50. The van der Waals surface area contributed by atoms with Gasteiger partial charge in [0.1, 0.15) is 5.82 Å². The van der Waals surface area contributed by atoms with E-state index in [2.05, 4.69) is 32.6 Å². The van der Waals surface area contributed by atoms with Crippen molar-refractivity contribution in [1.29, 1.82) is 5.26 Å². The second-order valence-electron chi connectivity index (χ2n) is 5.98. The monoisotopic (exact) mass is 415 g/mol. The number of terminal acetylenes is 1. The van der Waals surface area contributed by atoms with Gasteiger partial charge in [0.25, 0.3) is 0 Å². The van der Waals surface area contributed by atoms with Gasteiger partial charge < -0.3 is 5.32 Å². The van der Waals surface area contributed by atoms with Crippen LogP contribution in [0.15, 0.2) is 47.3 Å². The van der Waals surface area contributed by atoms with Crippen molar-refractivity contribution in [2.75, 3.05) is 5.32 Å². The minimum absolute atomic E-state index is 0.214. The third kappa shape index (κ3) is 3.94. The minimum Gasteiger partial charge on any atom is -0.334 e. The lowest BCUT2D eigenvalue weighted by atomic mass is 9.99. The number of thiazole rings is 2. The van der Waals surface area contributed by atoms with E-state index in [0.717, 1.165) is 26.9 Å². The summed E-state index contributed by atoms with van der Waals surface area (Å²) in [5.41, 5.74) is 5.95. The summed E-state index contributed by atoms with van der Waals surface area (Å²) in [6.45, 7) is 0.214. The summed E-state index contributed by atoms with van der Waals surface area (Å²) in [5, 5.41) is 17.1. The zero-order valence-corrected chi connectivity index (χ0v) is 16.6. The van der Waals surface area contributed by atoms with Crippen LogP contribution in [0.2, 0.25) is 0 Å². The molecule has 29 heavy (non-hydrogen) atoms. The van der Waals surface area contributed by atoms with Crippen LogP contribution in [0.5, 0.6) is 0 Å². The number of benzene rings is 2. The minimum atomic E-state index is -0.415. The standard InChI is InChI=1S/C21H13N5OS2/c1-2-19-25-18(11-28-19)26-21(27)23-10-14-7-6-13(8-15(14)9-22)16-4-3-5-17-20(16)29-12-24-17/h1,3-8,11-12H,10H2,(H2,23,26,27). The van der Waals surface area contributed by atoms with E-state index in [1.165, 1.54) is 11.3 Å². The fraction of sp³-hybridized carbons (Fsp3) is 0.0476. The molecule has 2 heterocycles. The average Bonchev–Trinajstić information content (AvgIpc) is 3.41. The van der Waals surface area contributed by atoms with Gasteiger partial charge in [-0.15, -0.1) is 29.1 Å². The lowest BCUT2D eigenvalue weighted by molar-refractivity contribution is 0.251. The highest BCUT2D eigenvalue weighted by Crippen LogP contribution is 2.32. The number of carbonyl (C=O) groups excluding carboxylic acids is 1. The number of fused-ring (bicyclic) bond motifs is 1. The lowest BCUT2D eigenvalue weighted by Gasteiger charge is -2.10. The zero-order valence-electron chi connectivity index (χ0n) is 15.0. The number of carbonyl (C=O) groups is 1. The van der Waals surface area contributed by atoms with Gasteiger partial charge in [-0.05, 0) is 29.2 Å². The van der Waals surface area contributed by atoms with Crippen LogP contribution < -0.4 is 10.6 Å². The molecule has 0 aliphatic rings. The van der Waals surface area contributed by atoms with Crippen LogP contribution in [0.25, 0.3) is 21.3 Å². The Kier molecular flexibility index (Phi) is 5.21. The van der Waals surface area contributed by atoms with E-state index in [-0.39, 0.29) is 6.54 Å². The summed E-state index contributed by atoms with van der Waals surface area (Å²) in [6, 6.07) is 13.4. The van der Waals surface area contributed by atoms with E-state index in [0.29, 0.717) is 16.4 Å². The van der Waals surface area contributed by atoms with Gasteiger partial charge in [0.2, 0.25) is 0 Å². The Labute approximate surface area is 174 Å². The number of nitrogens with zero attached hydrogens (tertiary/aromatic N) is 3. The molecule has 0 atom stereocenters.